The van der Waals surface area contributed by atoms with Gasteiger partial charge < -0.3 is 13.9 Å². The minimum Gasteiger partial charge on any atom is -0.496 e. The number of methoxy groups -OCH3 is 1. The molecule has 0 unspecified atom stereocenters. The molecular formula is C31H20Br3N3O4. The molecule has 0 saturated heterocycles. The van der Waals surface area contributed by atoms with Crippen LogP contribution in [0.3, 0.4) is 0 Å². The predicted octanol–water partition coefficient (Wildman–Crippen LogP) is 8.57. The van der Waals surface area contributed by atoms with Gasteiger partial charge in [0, 0.05) is 4.47 Å². The number of furan rings is 1. The van der Waals surface area contributed by atoms with E-state index in [0.717, 1.165) is 29.9 Å². The summed E-state index contributed by atoms with van der Waals surface area (Å²) in [5.74, 6) is 1.98. The maximum Gasteiger partial charge on any atom is 0.282 e. The van der Waals surface area contributed by atoms with Crippen LogP contribution in [-0.2, 0) is 6.61 Å². The molecule has 0 saturated carbocycles. The van der Waals surface area contributed by atoms with Gasteiger partial charge in [-0.05, 0) is 97.6 Å². The second-order valence-corrected chi connectivity index (χ2v) is 11.6. The summed E-state index contributed by atoms with van der Waals surface area (Å²) < 4.78 is 21.4. The Bertz CT molecular complexity index is 1980. The summed E-state index contributed by atoms with van der Waals surface area (Å²) in [6.45, 7) is 0.404. The molecule has 0 radical (unpaired) electrons. The first-order valence-corrected chi connectivity index (χ1v) is 14.8. The third-order valence-electron chi connectivity index (χ3n) is 6.35. The van der Waals surface area contributed by atoms with Crippen molar-refractivity contribution in [1.29, 1.82) is 0 Å². The third kappa shape index (κ3) is 5.59. The Morgan fingerprint density at radius 3 is 2.44 bits per heavy atom. The lowest BCUT2D eigenvalue weighted by Gasteiger charge is -2.12. The Morgan fingerprint density at radius 1 is 0.927 bits per heavy atom. The van der Waals surface area contributed by atoms with E-state index in [-0.39, 0.29) is 11.4 Å². The van der Waals surface area contributed by atoms with Crippen molar-refractivity contribution in [2.24, 2.45) is 5.10 Å². The average molecular weight is 738 g/mol. The van der Waals surface area contributed by atoms with Gasteiger partial charge in [-0.15, -0.1) is 0 Å². The maximum absolute atomic E-state index is 13.6. The molecule has 4 aromatic carbocycles. The number of ether oxygens (including phenoxy) is 2. The topological polar surface area (TPSA) is 78.9 Å². The molecule has 2 heterocycles. The van der Waals surface area contributed by atoms with Crippen LogP contribution in [0.2, 0.25) is 0 Å². The van der Waals surface area contributed by atoms with E-state index in [1.807, 2.05) is 66.7 Å². The highest BCUT2D eigenvalue weighted by atomic mass is 79.9. The van der Waals surface area contributed by atoms with Crippen LogP contribution in [-0.4, -0.2) is 23.0 Å². The molecule has 0 N–H and O–H groups in total. The number of para-hydroxylation sites is 1. The highest BCUT2D eigenvalue weighted by molar-refractivity contribution is 9.11. The molecule has 2 aromatic heterocycles. The molecule has 7 nitrogen and oxygen atoms in total. The smallest absolute Gasteiger partial charge is 0.282 e. The molecule has 0 bridgehead atoms. The Labute approximate surface area is 259 Å². The van der Waals surface area contributed by atoms with E-state index < -0.39 is 0 Å². The lowest BCUT2D eigenvalue weighted by Crippen LogP contribution is -2.20. The van der Waals surface area contributed by atoms with Gasteiger partial charge in [-0.25, -0.2) is 4.98 Å². The fourth-order valence-corrected chi connectivity index (χ4v) is 6.08. The fraction of sp³-hybridized carbons (Fsp3) is 0.0645. The van der Waals surface area contributed by atoms with E-state index >= 15 is 0 Å². The Morgan fingerprint density at radius 2 is 1.68 bits per heavy atom. The Balaban J connectivity index is 1.38. The maximum atomic E-state index is 13.6. The monoisotopic (exact) mass is 735 g/mol. The molecule has 0 aliphatic heterocycles. The summed E-state index contributed by atoms with van der Waals surface area (Å²) in [6.07, 6.45) is 1.60. The van der Waals surface area contributed by atoms with Crippen molar-refractivity contribution in [3.05, 3.63) is 120 Å². The van der Waals surface area contributed by atoms with Gasteiger partial charge in [-0.2, -0.15) is 9.78 Å². The van der Waals surface area contributed by atoms with Crippen molar-refractivity contribution in [3.8, 4) is 23.1 Å². The number of hydrogen-bond donors (Lipinski definition) is 0. The highest BCUT2D eigenvalue weighted by Crippen LogP contribution is 2.36. The molecule has 0 amide bonds. The predicted molar refractivity (Wildman–Crippen MR) is 171 cm³/mol. The van der Waals surface area contributed by atoms with Crippen LogP contribution in [0.5, 0.6) is 11.5 Å². The summed E-state index contributed by atoms with van der Waals surface area (Å²) >= 11 is 10.7. The van der Waals surface area contributed by atoms with Gasteiger partial charge in [0.25, 0.3) is 5.56 Å². The lowest BCUT2D eigenvalue weighted by atomic mass is 10.2. The Hall–Kier alpha value is -3.73. The summed E-state index contributed by atoms with van der Waals surface area (Å²) in [4.78, 5) is 18.4. The highest BCUT2D eigenvalue weighted by Gasteiger charge is 2.18. The SMILES string of the molecule is COc1cccc2oc(-c3nc4ccccc4c(=O)n3N=Cc3cc(Br)c(OCc4ccc(Br)cc4)c(Br)c3)cc12. The zero-order valence-electron chi connectivity index (χ0n) is 21.5. The van der Waals surface area contributed by atoms with Gasteiger partial charge in [0.15, 0.2) is 5.76 Å². The molecule has 0 aliphatic carbocycles. The second kappa shape index (κ2) is 11.6. The van der Waals surface area contributed by atoms with Crippen LogP contribution >= 0.6 is 47.8 Å². The van der Waals surface area contributed by atoms with Crippen molar-refractivity contribution >= 4 is 75.9 Å². The molecule has 6 aromatic rings. The summed E-state index contributed by atoms with van der Waals surface area (Å²) in [5, 5.41) is 5.79. The van der Waals surface area contributed by atoms with E-state index in [0.29, 0.717) is 40.4 Å². The van der Waals surface area contributed by atoms with Gasteiger partial charge in [0.2, 0.25) is 5.82 Å². The lowest BCUT2D eigenvalue weighted by molar-refractivity contribution is 0.302. The van der Waals surface area contributed by atoms with E-state index in [9.17, 15) is 4.79 Å². The van der Waals surface area contributed by atoms with E-state index in [4.69, 9.17) is 18.9 Å². The molecule has 10 heteroatoms. The van der Waals surface area contributed by atoms with Crippen molar-refractivity contribution in [3.63, 3.8) is 0 Å². The number of rotatable bonds is 7. The van der Waals surface area contributed by atoms with Crippen molar-refractivity contribution in [2.45, 2.75) is 6.61 Å². The average Bonchev–Trinajstić information content (AvgIpc) is 3.42. The van der Waals surface area contributed by atoms with E-state index in [2.05, 4.69) is 52.9 Å². The van der Waals surface area contributed by atoms with Crippen LogP contribution in [0.25, 0.3) is 33.5 Å². The molecule has 0 atom stereocenters. The molecule has 204 valence electrons. The van der Waals surface area contributed by atoms with Gasteiger partial charge >= 0.3 is 0 Å². The van der Waals surface area contributed by atoms with Crippen LogP contribution in [0, 0.1) is 0 Å². The molecule has 0 aliphatic rings. The molecular weight excluding hydrogens is 718 g/mol. The van der Waals surface area contributed by atoms with E-state index in [1.54, 1.807) is 31.5 Å². The summed E-state index contributed by atoms with van der Waals surface area (Å²) in [5.41, 5.74) is 2.61. The normalized spacial score (nSPS) is 11.5. The third-order valence-corrected chi connectivity index (χ3v) is 8.06. The number of benzene rings is 4. The summed E-state index contributed by atoms with van der Waals surface area (Å²) in [7, 11) is 1.60. The summed E-state index contributed by atoms with van der Waals surface area (Å²) in [6, 6.07) is 26.2. The molecule has 0 fully saturated rings. The first-order chi connectivity index (χ1) is 19.9. The van der Waals surface area contributed by atoms with Crippen LogP contribution < -0.4 is 15.0 Å². The van der Waals surface area contributed by atoms with Gasteiger partial charge in [-0.3, -0.25) is 4.79 Å². The minimum absolute atomic E-state index is 0.274. The Kier molecular flexibility index (Phi) is 7.79. The first kappa shape index (κ1) is 27.4. The minimum atomic E-state index is -0.318. The zero-order valence-corrected chi connectivity index (χ0v) is 26.2. The number of halogens is 3. The van der Waals surface area contributed by atoms with Crippen LogP contribution in [0.1, 0.15) is 11.1 Å². The number of hydrogen-bond acceptors (Lipinski definition) is 6. The number of fused-ring (bicyclic) bond motifs is 2. The van der Waals surface area contributed by atoms with Gasteiger partial charge in [0.05, 0.1) is 38.6 Å². The zero-order chi connectivity index (χ0) is 28.5. The molecule has 6 rings (SSSR count). The van der Waals surface area contributed by atoms with Crippen molar-refractivity contribution in [1.82, 2.24) is 9.66 Å². The fourth-order valence-electron chi connectivity index (χ4n) is 4.37. The number of aromatic nitrogens is 2. The van der Waals surface area contributed by atoms with Crippen molar-refractivity contribution in [2.75, 3.05) is 7.11 Å². The van der Waals surface area contributed by atoms with Crippen LogP contribution in [0.15, 0.2) is 113 Å². The van der Waals surface area contributed by atoms with Gasteiger partial charge in [0.1, 0.15) is 23.7 Å². The van der Waals surface area contributed by atoms with Gasteiger partial charge in [-0.1, -0.05) is 46.3 Å². The largest absolute Gasteiger partial charge is 0.496 e. The second-order valence-electron chi connectivity index (χ2n) is 9.03. The van der Waals surface area contributed by atoms with Crippen molar-refractivity contribution < 1.29 is 13.9 Å². The molecule has 41 heavy (non-hydrogen) atoms. The number of nitrogens with zero attached hydrogens (tertiary/aromatic N) is 3. The van der Waals surface area contributed by atoms with Crippen LogP contribution in [0.4, 0.5) is 0 Å². The van der Waals surface area contributed by atoms with E-state index in [1.165, 1.54) is 4.68 Å². The first-order valence-electron chi connectivity index (χ1n) is 12.4. The quantitative estimate of drug-likeness (QED) is 0.154. The standard InChI is InChI=1S/C31H20Br3N3O4/c1-39-26-7-4-8-27-22(26)15-28(41-27)30-36-25-6-3-2-5-21(25)31(38)37(30)35-16-19-13-23(33)29(24(34)14-19)40-17-18-9-11-20(32)12-10-18/h2-16H,17H2,1H3. The molecule has 0 spiro atoms.